The zero-order chi connectivity index (χ0) is 19.3. The van der Waals surface area contributed by atoms with Crippen LogP contribution in [0.1, 0.15) is 55.7 Å². The number of amides is 2. The molecule has 0 N–H and O–H groups in total. The quantitative estimate of drug-likeness (QED) is 0.819. The van der Waals surface area contributed by atoms with E-state index in [9.17, 15) is 9.59 Å². The summed E-state index contributed by atoms with van der Waals surface area (Å²) in [7, 11) is 2.05. The summed E-state index contributed by atoms with van der Waals surface area (Å²) >= 11 is 0. The Kier molecular flexibility index (Phi) is 4.24. The Hall–Kier alpha value is -2.37. The molecule has 2 heterocycles. The topological polar surface area (TPSA) is 58.4 Å². The molecule has 2 aromatic rings. The van der Waals surface area contributed by atoms with Crippen LogP contribution in [0.3, 0.4) is 0 Å². The lowest BCUT2D eigenvalue weighted by atomic mass is 9.94. The van der Waals surface area contributed by atoms with Crippen LogP contribution in [-0.4, -0.2) is 57.3 Å². The van der Waals surface area contributed by atoms with E-state index in [4.69, 9.17) is 4.98 Å². The number of carbonyl (C=O) groups is 2. The zero-order valence-electron chi connectivity index (χ0n) is 16.7. The Morgan fingerprint density at radius 2 is 1.67 bits per heavy atom. The number of hydrogen-bond donors (Lipinski definition) is 0. The molecule has 1 aromatic heterocycles. The minimum absolute atomic E-state index is 0.0263. The van der Waals surface area contributed by atoms with E-state index in [0.717, 1.165) is 16.9 Å². The minimum Gasteiger partial charge on any atom is -0.339 e. The van der Waals surface area contributed by atoms with Crippen LogP contribution >= 0.6 is 0 Å². The van der Waals surface area contributed by atoms with Gasteiger partial charge in [-0.25, -0.2) is 4.98 Å². The molecule has 0 atom stereocenters. The Morgan fingerprint density at radius 1 is 1.04 bits per heavy atom. The maximum atomic E-state index is 12.9. The van der Waals surface area contributed by atoms with Crippen LogP contribution in [0, 0.1) is 5.41 Å². The summed E-state index contributed by atoms with van der Waals surface area (Å²) in [6.45, 7) is 8.15. The molecule has 6 nitrogen and oxygen atoms in total. The van der Waals surface area contributed by atoms with Gasteiger partial charge < -0.3 is 14.4 Å². The summed E-state index contributed by atoms with van der Waals surface area (Å²) in [4.78, 5) is 33.8. The van der Waals surface area contributed by atoms with Gasteiger partial charge in [0.1, 0.15) is 5.82 Å². The molecule has 1 aliphatic carbocycles. The largest absolute Gasteiger partial charge is 0.339 e. The lowest BCUT2D eigenvalue weighted by Gasteiger charge is -2.37. The highest BCUT2D eigenvalue weighted by Gasteiger charge is 2.32. The first-order valence-electron chi connectivity index (χ1n) is 9.81. The molecule has 1 aromatic carbocycles. The number of imidazole rings is 1. The fraction of sp³-hybridized carbons (Fsp3) is 0.571. The molecule has 6 heteroatoms. The van der Waals surface area contributed by atoms with Gasteiger partial charge in [-0.15, -0.1) is 0 Å². The monoisotopic (exact) mass is 368 g/mol. The van der Waals surface area contributed by atoms with Crippen LogP contribution in [0.25, 0.3) is 11.0 Å². The van der Waals surface area contributed by atoms with Crippen molar-refractivity contribution in [3.8, 4) is 0 Å². The number of hydrogen-bond acceptors (Lipinski definition) is 3. The van der Waals surface area contributed by atoms with Crippen molar-refractivity contribution >= 4 is 22.8 Å². The van der Waals surface area contributed by atoms with Crippen molar-refractivity contribution in [2.24, 2.45) is 12.5 Å². The molecule has 27 heavy (non-hydrogen) atoms. The molecule has 1 saturated carbocycles. The summed E-state index contributed by atoms with van der Waals surface area (Å²) in [5, 5.41) is 0. The van der Waals surface area contributed by atoms with E-state index in [1.54, 1.807) is 0 Å². The van der Waals surface area contributed by atoms with Crippen molar-refractivity contribution in [3.05, 3.63) is 29.6 Å². The van der Waals surface area contributed by atoms with Gasteiger partial charge >= 0.3 is 0 Å². The first-order chi connectivity index (χ1) is 12.8. The molecule has 1 aliphatic heterocycles. The number of aromatic nitrogens is 2. The van der Waals surface area contributed by atoms with Gasteiger partial charge in [0.2, 0.25) is 5.91 Å². The average Bonchev–Trinajstić information content (AvgIpc) is 3.44. The van der Waals surface area contributed by atoms with E-state index in [0.29, 0.717) is 37.7 Å². The molecule has 2 fully saturated rings. The summed E-state index contributed by atoms with van der Waals surface area (Å²) in [6.07, 6.45) is 2.42. The first-order valence-corrected chi connectivity index (χ1v) is 9.81. The Labute approximate surface area is 160 Å². The highest BCUT2D eigenvalue weighted by molar-refractivity contribution is 5.97. The summed E-state index contributed by atoms with van der Waals surface area (Å²) in [5.74, 6) is 1.88. The fourth-order valence-corrected chi connectivity index (χ4v) is 3.83. The fourth-order valence-electron chi connectivity index (χ4n) is 3.83. The zero-order valence-corrected chi connectivity index (χ0v) is 16.7. The van der Waals surface area contributed by atoms with Gasteiger partial charge in [-0.3, -0.25) is 9.59 Å². The Morgan fingerprint density at radius 3 is 2.26 bits per heavy atom. The SMILES string of the molecule is Cn1c(C2CC2)nc2cc(C(=O)N3CCN(C(=O)C(C)(C)C)CC3)ccc21. The van der Waals surface area contributed by atoms with Crippen molar-refractivity contribution in [1.82, 2.24) is 19.4 Å². The number of rotatable bonds is 2. The van der Waals surface area contributed by atoms with Crippen LogP contribution in [0.2, 0.25) is 0 Å². The van der Waals surface area contributed by atoms with E-state index in [2.05, 4.69) is 11.6 Å². The third-order valence-electron chi connectivity index (χ3n) is 5.60. The molecule has 1 saturated heterocycles. The predicted molar refractivity (Wildman–Crippen MR) is 105 cm³/mol. The molecule has 2 amide bonds. The number of nitrogens with zero attached hydrogens (tertiary/aromatic N) is 4. The normalized spacial score (nSPS) is 18.2. The van der Waals surface area contributed by atoms with Crippen molar-refractivity contribution in [1.29, 1.82) is 0 Å². The summed E-state index contributed by atoms with van der Waals surface area (Å²) in [6, 6.07) is 5.81. The van der Waals surface area contributed by atoms with Crippen LogP contribution in [0.5, 0.6) is 0 Å². The van der Waals surface area contributed by atoms with Crippen LogP contribution in [0.15, 0.2) is 18.2 Å². The van der Waals surface area contributed by atoms with E-state index >= 15 is 0 Å². The van der Waals surface area contributed by atoms with Crippen molar-refractivity contribution in [2.45, 2.75) is 39.5 Å². The van der Waals surface area contributed by atoms with Gasteiger partial charge in [-0.1, -0.05) is 20.8 Å². The molecule has 144 valence electrons. The molecule has 0 unspecified atom stereocenters. The Bertz CT molecular complexity index is 897. The molecule has 4 rings (SSSR count). The van der Waals surface area contributed by atoms with E-state index in [-0.39, 0.29) is 17.2 Å². The molecule has 0 radical (unpaired) electrons. The summed E-state index contributed by atoms with van der Waals surface area (Å²) in [5.41, 5.74) is 2.27. The highest BCUT2D eigenvalue weighted by Crippen LogP contribution is 2.40. The first kappa shape index (κ1) is 18.0. The molecule has 0 bridgehead atoms. The maximum absolute atomic E-state index is 12.9. The lowest BCUT2D eigenvalue weighted by Crippen LogP contribution is -2.53. The van der Waals surface area contributed by atoms with E-state index in [1.807, 2.05) is 48.8 Å². The third kappa shape index (κ3) is 3.33. The second-order valence-electron chi connectivity index (χ2n) is 8.84. The van der Waals surface area contributed by atoms with Gasteiger partial charge in [0.15, 0.2) is 0 Å². The standard InChI is InChI=1S/C21H28N4O2/c1-21(2,3)20(27)25-11-9-24(10-12-25)19(26)15-7-8-17-16(13-15)22-18(23(17)4)14-5-6-14/h7-8,13-14H,5-6,9-12H2,1-4H3. The number of benzene rings is 1. The number of aryl methyl sites for hydroxylation is 1. The van der Waals surface area contributed by atoms with Crippen molar-refractivity contribution in [3.63, 3.8) is 0 Å². The molecular formula is C21H28N4O2. The third-order valence-corrected chi connectivity index (χ3v) is 5.60. The lowest BCUT2D eigenvalue weighted by molar-refractivity contribution is -0.140. The Balaban J connectivity index is 1.48. The maximum Gasteiger partial charge on any atom is 0.254 e. The van der Waals surface area contributed by atoms with Gasteiger partial charge in [-0.2, -0.15) is 0 Å². The number of piperazine rings is 1. The second kappa shape index (κ2) is 6.36. The molecule has 0 spiro atoms. The molecule has 2 aliphatic rings. The average molecular weight is 368 g/mol. The second-order valence-corrected chi connectivity index (χ2v) is 8.84. The molecular weight excluding hydrogens is 340 g/mol. The minimum atomic E-state index is -0.380. The van der Waals surface area contributed by atoms with Gasteiger partial charge in [0, 0.05) is 50.1 Å². The highest BCUT2D eigenvalue weighted by atomic mass is 16.2. The number of fused-ring (bicyclic) bond motifs is 1. The van der Waals surface area contributed by atoms with Crippen LogP contribution < -0.4 is 0 Å². The van der Waals surface area contributed by atoms with Crippen LogP contribution in [0.4, 0.5) is 0 Å². The van der Waals surface area contributed by atoms with Gasteiger partial charge in [-0.05, 0) is 31.0 Å². The predicted octanol–water partition coefficient (Wildman–Crippen LogP) is 2.78. The number of carbonyl (C=O) groups excluding carboxylic acids is 2. The van der Waals surface area contributed by atoms with Gasteiger partial charge in [0.05, 0.1) is 11.0 Å². The van der Waals surface area contributed by atoms with Crippen molar-refractivity contribution < 1.29 is 9.59 Å². The smallest absolute Gasteiger partial charge is 0.254 e. The van der Waals surface area contributed by atoms with Gasteiger partial charge in [0.25, 0.3) is 5.91 Å². The van der Waals surface area contributed by atoms with E-state index < -0.39 is 0 Å². The summed E-state index contributed by atoms with van der Waals surface area (Å²) < 4.78 is 2.15. The van der Waals surface area contributed by atoms with Crippen molar-refractivity contribution in [2.75, 3.05) is 26.2 Å². The van der Waals surface area contributed by atoms with Crippen LogP contribution in [-0.2, 0) is 11.8 Å². The van der Waals surface area contributed by atoms with E-state index in [1.165, 1.54) is 12.8 Å².